The van der Waals surface area contributed by atoms with E-state index >= 15 is 0 Å². The number of anilines is 1. The van der Waals surface area contributed by atoms with Gasteiger partial charge >= 0.3 is 5.97 Å². The zero-order chi connectivity index (χ0) is 17.9. The van der Waals surface area contributed by atoms with Crippen molar-refractivity contribution >= 4 is 29.3 Å². The first kappa shape index (κ1) is 18.5. The molecular weight excluding hydrogens is 332 g/mol. The fourth-order valence-corrected chi connectivity index (χ4v) is 3.01. The molecule has 1 aromatic heterocycles. The van der Waals surface area contributed by atoms with Gasteiger partial charge in [-0.15, -0.1) is 0 Å². The van der Waals surface area contributed by atoms with Gasteiger partial charge in [-0.1, -0.05) is 18.5 Å². The van der Waals surface area contributed by atoms with Gasteiger partial charge in [0.1, 0.15) is 5.82 Å². The van der Waals surface area contributed by atoms with E-state index in [1.807, 2.05) is 11.8 Å². The number of carboxylic acids is 1. The third-order valence-corrected chi connectivity index (χ3v) is 4.50. The average molecular weight is 355 g/mol. The molecule has 0 saturated heterocycles. The van der Waals surface area contributed by atoms with Crippen LogP contribution in [0, 0.1) is 0 Å². The highest BCUT2D eigenvalue weighted by atomic mass is 35.5. The van der Waals surface area contributed by atoms with Crippen LogP contribution in [-0.2, 0) is 4.79 Å². The second-order valence-electron chi connectivity index (χ2n) is 6.18. The molecule has 0 bridgehead atoms. The van der Waals surface area contributed by atoms with Crippen LogP contribution in [0.2, 0.25) is 5.02 Å². The molecule has 1 amide bonds. The van der Waals surface area contributed by atoms with E-state index < -0.39 is 5.97 Å². The Kier molecular flexibility index (Phi) is 6.01. The minimum absolute atomic E-state index is 0.0637. The van der Waals surface area contributed by atoms with E-state index in [0.717, 1.165) is 12.8 Å². The number of nitrogens with one attached hydrogen (secondary N) is 1. The molecule has 132 valence electrons. The predicted octanol–water partition coefficient (Wildman–Crippen LogP) is 1.79. The lowest BCUT2D eigenvalue weighted by atomic mass is 9.85. The molecular formula is C16H23ClN4O3. The van der Waals surface area contributed by atoms with Crippen molar-refractivity contribution in [1.29, 1.82) is 0 Å². The minimum atomic E-state index is -0.806. The number of hydrogen-bond donors (Lipinski definition) is 2. The summed E-state index contributed by atoms with van der Waals surface area (Å²) in [4.78, 5) is 30.4. The van der Waals surface area contributed by atoms with Gasteiger partial charge in [0.2, 0.25) is 0 Å². The van der Waals surface area contributed by atoms with Crippen molar-refractivity contribution in [2.24, 2.45) is 0 Å². The molecule has 0 spiro atoms. The number of likely N-dealkylation sites (N-methyl/N-ethyl adjacent to an activating group) is 1. The number of halogens is 1. The molecule has 0 aromatic carbocycles. The molecule has 0 atom stereocenters. The van der Waals surface area contributed by atoms with Gasteiger partial charge in [0.15, 0.2) is 0 Å². The maximum atomic E-state index is 11.9. The van der Waals surface area contributed by atoms with E-state index in [-0.39, 0.29) is 24.5 Å². The Morgan fingerprint density at radius 2 is 2.08 bits per heavy atom. The maximum Gasteiger partial charge on any atom is 0.317 e. The molecule has 7 nitrogen and oxygen atoms in total. The fourth-order valence-electron chi connectivity index (χ4n) is 2.79. The van der Waals surface area contributed by atoms with Gasteiger partial charge in [-0.2, -0.15) is 0 Å². The Bertz CT molecular complexity index is 617. The smallest absolute Gasteiger partial charge is 0.317 e. The van der Waals surface area contributed by atoms with Gasteiger partial charge < -0.3 is 15.3 Å². The summed E-state index contributed by atoms with van der Waals surface area (Å²) in [5, 5.41) is 12.6. The van der Waals surface area contributed by atoms with Gasteiger partial charge in [-0.05, 0) is 25.5 Å². The van der Waals surface area contributed by atoms with Crippen LogP contribution in [-0.4, -0.2) is 71.0 Å². The van der Waals surface area contributed by atoms with Crippen LogP contribution in [0.4, 0.5) is 5.82 Å². The molecule has 1 aliphatic carbocycles. The normalized spacial score (nSPS) is 19.7. The molecule has 8 heteroatoms. The number of aliphatic carboxylic acids is 1. The number of amides is 1. The third kappa shape index (κ3) is 4.36. The summed E-state index contributed by atoms with van der Waals surface area (Å²) in [6, 6.07) is 2.08. The zero-order valence-corrected chi connectivity index (χ0v) is 14.9. The van der Waals surface area contributed by atoms with E-state index in [0.29, 0.717) is 22.9 Å². The minimum Gasteiger partial charge on any atom is -0.480 e. The SMILES string of the molecule is CCN(CC(=O)O)C1CC(Nc2ncc(C(=O)N(C)C)cc2Cl)C1. The lowest BCUT2D eigenvalue weighted by Gasteiger charge is -2.42. The van der Waals surface area contributed by atoms with Crippen LogP contribution in [0.25, 0.3) is 0 Å². The van der Waals surface area contributed by atoms with Crippen LogP contribution >= 0.6 is 11.6 Å². The summed E-state index contributed by atoms with van der Waals surface area (Å²) in [6.45, 7) is 2.74. The molecule has 2 rings (SSSR count). The number of carbonyl (C=O) groups excluding carboxylic acids is 1. The molecule has 24 heavy (non-hydrogen) atoms. The molecule has 0 aliphatic heterocycles. The summed E-state index contributed by atoms with van der Waals surface area (Å²) >= 11 is 6.21. The first-order chi connectivity index (χ1) is 11.3. The van der Waals surface area contributed by atoms with Crippen LogP contribution in [0.15, 0.2) is 12.3 Å². The zero-order valence-electron chi connectivity index (χ0n) is 14.1. The first-order valence-corrected chi connectivity index (χ1v) is 8.29. The van der Waals surface area contributed by atoms with Gasteiger partial charge in [-0.25, -0.2) is 4.98 Å². The van der Waals surface area contributed by atoms with Crippen LogP contribution in [0.1, 0.15) is 30.1 Å². The van der Waals surface area contributed by atoms with Crippen LogP contribution in [0.3, 0.4) is 0 Å². The largest absolute Gasteiger partial charge is 0.480 e. The molecule has 1 saturated carbocycles. The summed E-state index contributed by atoms with van der Waals surface area (Å²) in [5.41, 5.74) is 0.445. The fraction of sp³-hybridized carbons (Fsp3) is 0.562. The lowest BCUT2D eigenvalue weighted by Crippen LogP contribution is -2.51. The molecule has 0 unspecified atom stereocenters. The summed E-state index contributed by atoms with van der Waals surface area (Å²) < 4.78 is 0. The highest BCUT2D eigenvalue weighted by Gasteiger charge is 2.34. The number of hydrogen-bond acceptors (Lipinski definition) is 5. The average Bonchev–Trinajstić information content (AvgIpc) is 2.48. The molecule has 1 aliphatic rings. The Morgan fingerprint density at radius 3 is 2.58 bits per heavy atom. The number of nitrogens with zero attached hydrogens (tertiary/aromatic N) is 3. The van der Waals surface area contributed by atoms with E-state index in [1.54, 1.807) is 20.2 Å². The second kappa shape index (κ2) is 7.81. The molecule has 1 heterocycles. The third-order valence-electron chi connectivity index (χ3n) is 4.21. The number of aromatic nitrogens is 1. The quantitative estimate of drug-likeness (QED) is 0.776. The summed E-state index contributed by atoms with van der Waals surface area (Å²) in [5.74, 6) is -0.400. The molecule has 0 radical (unpaired) electrons. The van der Waals surface area contributed by atoms with Crippen molar-refractivity contribution in [2.45, 2.75) is 31.8 Å². The standard InChI is InChI=1S/C16H23ClN4O3/c1-4-21(9-14(22)23)12-6-11(7-12)19-15-13(17)5-10(8-18-15)16(24)20(2)3/h5,8,11-12H,4,6-7,9H2,1-3H3,(H,18,19)(H,22,23). The van der Waals surface area contributed by atoms with Crippen LogP contribution < -0.4 is 5.32 Å². The van der Waals surface area contributed by atoms with E-state index in [4.69, 9.17) is 16.7 Å². The second-order valence-corrected chi connectivity index (χ2v) is 6.58. The number of carboxylic acid groups (broad SMARTS) is 1. The Labute approximate surface area is 146 Å². The van der Waals surface area contributed by atoms with Crippen molar-refractivity contribution < 1.29 is 14.7 Å². The molecule has 1 fully saturated rings. The topological polar surface area (TPSA) is 85.8 Å². The highest BCUT2D eigenvalue weighted by Crippen LogP contribution is 2.30. The van der Waals surface area contributed by atoms with E-state index in [2.05, 4.69) is 10.3 Å². The van der Waals surface area contributed by atoms with Crippen molar-refractivity contribution in [3.05, 3.63) is 22.8 Å². The Hall–Kier alpha value is -1.86. The van der Waals surface area contributed by atoms with Crippen molar-refractivity contribution in [3.8, 4) is 0 Å². The predicted molar refractivity (Wildman–Crippen MR) is 92.6 cm³/mol. The maximum absolute atomic E-state index is 11.9. The number of rotatable bonds is 7. The lowest BCUT2D eigenvalue weighted by molar-refractivity contribution is -0.139. The molecule has 1 aromatic rings. The van der Waals surface area contributed by atoms with E-state index in [9.17, 15) is 9.59 Å². The van der Waals surface area contributed by atoms with Crippen molar-refractivity contribution in [1.82, 2.24) is 14.8 Å². The van der Waals surface area contributed by atoms with Gasteiger partial charge in [-0.3, -0.25) is 14.5 Å². The van der Waals surface area contributed by atoms with Crippen LogP contribution in [0.5, 0.6) is 0 Å². The van der Waals surface area contributed by atoms with Crippen molar-refractivity contribution in [3.63, 3.8) is 0 Å². The first-order valence-electron chi connectivity index (χ1n) is 7.91. The Balaban J connectivity index is 1.92. The highest BCUT2D eigenvalue weighted by molar-refractivity contribution is 6.33. The monoisotopic (exact) mass is 354 g/mol. The van der Waals surface area contributed by atoms with Crippen molar-refractivity contribution in [2.75, 3.05) is 32.5 Å². The Morgan fingerprint density at radius 1 is 1.42 bits per heavy atom. The number of pyridine rings is 1. The van der Waals surface area contributed by atoms with Gasteiger partial charge in [0.05, 0.1) is 17.1 Å². The summed E-state index contributed by atoms with van der Waals surface area (Å²) in [6.07, 6.45) is 3.20. The molecule has 2 N–H and O–H groups in total. The number of carbonyl (C=O) groups is 2. The van der Waals surface area contributed by atoms with E-state index in [1.165, 1.54) is 11.1 Å². The summed E-state index contributed by atoms with van der Waals surface area (Å²) in [7, 11) is 3.35. The van der Waals surface area contributed by atoms with Gasteiger partial charge in [0.25, 0.3) is 5.91 Å². The van der Waals surface area contributed by atoms with Gasteiger partial charge in [0, 0.05) is 32.4 Å².